The van der Waals surface area contributed by atoms with Gasteiger partial charge in [0.05, 0.1) is 0 Å². The van der Waals surface area contributed by atoms with E-state index in [1.165, 1.54) is 6.07 Å². The zero-order valence-electron chi connectivity index (χ0n) is 33.2. The molecule has 3 aromatic rings. The SMILES string of the molecule is CCc1cc(C(=O)N[C@@H](Cc2ccc(C(F)(F)P(=O)(O)O)c(C)c2)C(=O)N[C@@H](Cc2ccc(C(F)(F)P(=O)(O)O)c(C)c2)C(N)=O)cc(C2(C(F)(F)F)N=N2)c1.C[Si](C)(C)Br. The zero-order valence-corrected chi connectivity index (χ0v) is 37.6. The number of nitrogens with one attached hydrogen (secondary N) is 2. The summed E-state index contributed by atoms with van der Waals surface area (Å²) in [5.74, 6) is -3.45. The van der Waals surface area contributed by atoms with Crippen molar-refractivity contribution in [3.05, 3.63) is 105 Å². The molecule has 2 atom stereocenters. The standard InChI is InChI=1S/C33H34F7N5O9P2.C3H9BrSi/c1-4-18-11-21(15-22(12-18)30(44-45-30)33(38,39)40)28(47)43-26(14-20-6-8-24(17(3)10-20)32(36,37)56(52,53)54)29(48)42-25(27(41)46)13-19-5-7-23(16(2)9-19)31(34,35)55(49,50)51;1-5(2,3)4/h5-12,15,25-26H,4,13-14H2,1-3H3,(H2,41,46)(H,42,48)(H,43,47)(H2,49,50,51)(H2,52,53,54);1-3H3/t25-,26-;/m0./s1. The smallest absolute Gasteiger partial charge is 0.368 e. The highest BCUT2D eigenvalue weighted by Gasteiger charge is 2.65. The summed E-state index contributed by atoms with van der Waals surface area (Å²) >= 11 is 3.51. The first kappa shape index (κ1) is 51.5. The highest BCUT2D eigenvalue weighted by Crippen LogP contribution is 2.61. The minimum Gasteiger partial charge on any atom is -0.368 e. The van der Waals surface area contributed by atoms with Crippen molar-refractivity contribution in [2.75, 3.05) is 0 Å². The number of amides is 3. The second-order valence-corrected chi connectivity index (χ2v) is 29.6. The number of aryl methyl sites for hydroxylation is 3. The second-order valence-electron chi connectivity index (χ2n) is 15.1. The van der Waals surface area contributed by atoms with Gasteiger partial charge in [-0.2, -0.15) is 30.7 Å². The lowest BCUT2D eigenvalue weighted by Gasteiger charge is -2.24. The van der Waals surface area contributed by atoms with Gasteiger partial charge in [0, 0.05) is 35.1 Å². The van der Waals surface area contributed by atoms with E-state index in [1.807, 2.05) is 0 Å². The molecule has 0 spiro atoms. The number of carbonyl (C=O) groups is 3. The van der Waals surface area contributed by atoms with E-state index in [-0.39, 0.29) is 39.8 Å². The molecule has 0 aliphatic carbocycles. The average molecular weight is 993 g/mol. The van der Waals surface area contributed by atoms with Gasteiger partial charge in [-0.25, -0.2) is 0 Å². The van der Waals surface area contributed by atoms with Crippen molar-refractivity contribution in [2.45, 2.75) is 94.9 Å². The molecule has 1 aliphatic heterocycles. The van der Waals surface area contributed by atoms with E-state index in [9.17, 15) is 64.0 Å². The molecule has 3 amide bonds. The molecular weight excluding hydrogens is 949 g/mol. The first-order valence-electron chi connectivity index (χ1n) is 17.9. The summed E-state index contributed by atoms with van der Waals surface area (Å²) in [5, 5.41) is 10.9. The third-order valence-electron chi connectivity index (χ3n) is 8.88. The van der Waals surface area contributed by atoms with E-state index in [0.717, 1.165) is 50.2 Å². The fourth-order valence-corrected chi connectivity index (χ4v) is 6.91. The van der Waals surface area contributed by atoms with Gasteiger partial charge in [0.2, 0.25) is 11.8 Å². The number of hydrogen-bond donors (Lipinski definition) is 7. The Morgan fingerprint density at radius 3 is 1.52 bits per heavy atom. The molecule has 0 bridgehead atoms. The van der Waals surface area contributed by atoms with Crippen molar-refractivity contribution in [1.82, 2.24) is 10.6 Å². The van der Waals surface area contributed by atoms with Gasteiger partial charge in [-0.05, 0) is 60.2 Å². The minimum atomic E-state index is -5.99. The molecule has 3 aromatic carbocycles. The molecule has 336 valence electrons. The van der Waals surface area contributed by atoms with Gasteiger partial charge in [0.1, 0.15) is 18.8 Å². The van der Waals surface area contributed by atoms with Crippen LogP contribution in [-0.4, -0.2) is 62.2 Å². The minimum absolute atomic E-state index is 0.0237. The van der Waals surface area contributed by atoms with Crippen molar-refractivity contribution in [2.24, 2.45) is 16.0 Å². The number of rotatable bonds is 15. The van der Waals surface area contributed by atoms with Crippen LogP contribution in [-0.2, 0) is 55.0 Å². The van der Waals surface area contributed by atoms with Gasteiger partial charge in [-0.1, -0.05) is 69.0 Å². The van der Waals surface area contributed by atoms with E-state index in [1.54, 1.807) is 6.92 Å². The molecule has 0 aromatic heterocycles. The molecule has 0 saturated heterocycles. The number of carbonyl (C=O) groups excluding carboxylic acids is 3. The van der Waals surface area contributed by atoms with Gasteiger partial charge in [0.15, 0.2) is 0 Å². The van der Waals surface area contributed by atoms with E-state index in [2.05, 4.69) is 55.8 Å². The number of benzene rings is 3. The number of nitrogens with two attached hydrogens (primary N) is 1. The molecule has 61 heavy (non-hydrogen) atoms. The molecular formula is C36H43BrF7N5O9P2Si. The maximum Gasteiger partial charge on any atom is 0.442 e. The monoisotopic (exact) mass is 991 g/mol. The summed E-state index contributed by atoms with van der Waals surface area (Å²) in [6.45, 7) is 9.71. The quantitative estimate of drug-likeness (QED) is 0.0350. The Morgan fingerprint density at radius 1 is 0.754 bits per heavy atom. The molecule has 0 radical (unpaired) electrons. The van der Waals surface area contributed by atoms with E-state index >= 15 is 0 Å². The van der Waals surface area contributed by atoms with Crippen molar-refractivity contribution in [3.63, 3.8) is 0 Å². The van der Waals surface area contributed by atoms with Gasteiger partial charge in [-0.3, -0.25) is 23.5 Å². The fourth-order valence-electron chi connectivity index (χ4n) is 5.78. The lowest BCUT2D eigenvalue weighted by molar-refractivity contribution is -0.166. The first-order valence-corrected chi connectivity index (χ1v) is 26.9. The number of alkyl halides is 7. The summed E-state index contributed by atoms with van der Waals surface area (Å²) in [6, 6.07) is 5.30. The van der Waals surface area contributed by atoms with Gasteiger partial charge >= 0.3 is 38.4 Å². The summed E-state index contributed by atoms with van der Waals surface area (Å²) in [4.78, 5) is 76.5. The molecule has 1 aliphatic rings. The molecule has 0 saturated carbocycles. The zero-order chi connectivity index (χ0) is 46.9. The van der Waals surface area contributed by atoms with E-state index in [0.29, 0.717) is 12.1 Å². The molecule has 1 heterocycles. The topological polar surface area (TPSA) is 241 Å². The van der Waals surface area contributed by atoms with Crippen LogP contribution in [0, 0.1) is 13.8 Å². The molecule has 14 nitrogen and oxygen atoms in total. The van der Waals surface area contributed by atoms with Gasteiger partial charge < -0.3 is 35.9 Å². The molecule has 25 heteroatoms. The normalized spacial score (nSPS) is 15.2. The number of nitrogens with zero attached hydrogens (tertiary/aromatic N) is 2. The summed E-state index contributed by atoms with van der Waals surface area (Å²) in [6.07, 6.45) is -5.85. The Labute approximate surface area is 353 Å². The molecule has 8 N–H and O–H groups in total. The highest BCUT2D eigenvalue weighted by atomic mass is 79.9. The van der Waals surface area contributed by atoms with Crippen LogP contribution in [0.4, 0.5) is 30.7 Å². The Balaban J connectivity index is 0.00000187. The van der Waals surface area contributed by atoms with Crippen LogP contribution in [0.5, 0.6) is 0 Å². The van der Waals surface area contributed by atoms with Crippen molar-refractivity contribution >= 4 is 54.9 Å². The summed E-state index contributed by atoms with van der Waals surface area (Å²) in [7, 11) is -11.9. The van der Waals surface area contributed by atoms with Crippen LogP contribution in [0.3, 0.4) is 0 Å². The van der Waals surface area contributed by atoms with E-state index < -0.39 is 104 Å². The van der Waals surface area contributed by atoms with Crippen molar-refractivity contribution in [3.8, 4) is 0 Å². The maximum atomic E-state index is 14.5. The average Bonchev–Trinajstić information content (AvgIpc) is 3.92. The molecule has 4 rings (SSSR count). The molecule has 0 unspecified atom stereocenters. The maximum absolute atomic E-state index is 14.5. The van der Waals surface area contributed by atoms with Crippen LogP contribution >= 0.6 is 30.5 Å². The summed E-state index contributed by atoms with van der Waals surface area (Å²) in [5.41, 5.74) is -9.81. The third-order valence-corrected chi connectivity index (χ3v) is 10.8. The Kier molecular flexibility index (Phi) is 15.6. The Hall–Kier alpha value is -3.82. The summed E-state index contributed by atoms with van der Waals surface area (Å²) < 4.78 is 122. The number of primary amides is 1. The van der Waals surface area contributed by atoms with Gasteiger partial charge in [0.25, 0.3) is 5.91 Å². The lowest BCUT2D eigenvalue weighted by atomic mass is 9.95. The fraction of sp³-hybridized carbons (Fsp3) is 0.417. The van der Waals surface area contributed by atoms with Crippen LogP contribution in [0.25, 0.3) is 0 Å². The Morgan fingerprint density at radius 2 is 1.18 bits per heavy atom. The first-order chi connectivity index (χ1) is 27.6. The number of halogens is 8. The second kappa shape index (κ2) is 18.5. The van der Waals surface area contributed by atoms with Crippen LogP contribution in [0.2, 0.25) is 19.6 Å². The predicted octanol–water partition coefficient (Wildman–Crippen LogP) is 7.27. The van der Waals surface area contributed by atoms with Crippen LogP contribution in [0.15, 0.2) is 64.8 Å². The van der Waals surface area contributed by atoms with Gasteiger partial charge in [-0.15, -0.1) is 25.5 Å². The lowest BCUT2D eigenvalue weighted by Crippen LogP contribution is -2.54. The highest BCUT2D eigenvalue weighted by molar-refractivity contribution is 9.26. The Bertz CT molecular complexity index is 2290. The molecule has 0 fully saturated rings. The van der Waals surface area contributed by atoms with Crippen molar-refractivity contribution < 1.29 is 73.8 Å². The van der Waals surface area contributed by atoms with Crippen molar-refractivity contribution in [1.29, 1.82) is 0 Å². The predicted molar refractivity (Wildman–Crippen MR) is 215 cm³/mol. The van der Waals surface area contributed by atoms with E-state index in [4.69, 9.17) is 15.5 Å². The van der Waals surface area contributed by atoms with Crippen LogP contribution < -0.4 is 16.4 Å². The number of hydrogen-bond acceptors (Lipinski definition) is 7. The van der Waals surface area contributed by atoms with Crippen LogP contribution in [0.1, 0.15) is 61.8 Å². The third kappa shape index (κ3) is 12.6. The largest absolute Gasteiger partial charge is 0.442 e.